The minimum atomic E-state index is -0.616. The van der Waals surface area contributed by atoms with Gasteiger partial charge in [-0.15, -0.1) is 0 Å². The second-order valence-corrected chi connectivity index (χ2v) is 5.13. The Kier molecular flexibility index (Phi) is 4.04. The van der Waals surface area contributed by atoms with E-state index in [2.05, 4.69) is 21.2 Å². The number of rotatable bonds is 2. The first kappa shape index (κ1) is 14.5. The second kappa shape index (κ2) is 5.58. The molecule has 0 radical (unpaired) electrons. The van der Waals surface area contributed by atoms with Gasteiger partial charge in [0.2, 0.25) is 0 Å². The molecular weight excluding hydrogens is 330 g/mol. The van der Waals surface area contributed by atoms with Gasteiger partial charge >= 0.3 is 0 Å². The van der Waals surface area contributed by atoms with E-state index in [9.17, 15) is 13.6 Å². The first-order valence-electron chi connectivity index (χ1n) is 5.70. The van der Waals surface area contributed by atoms with Crippen LogP contribution in [0.1, 0.15) is 15.9 Å². The highest BCUT2D eigenvalue weighted by Gasteiger charge is 2.14. The molecule has 0 saturated heterocycles. The Morgan fingerprint density at radius 3 is 2.55 bits per heavy atom. The number of nitrogen functional groups attached to an aromatic ring is 1. The highest BCUT2D eigenvalue weighted by molar-refractivity contribution is 9.10. The molecule has 20 heavy (non-hydrogen) atoms. The van der Waals surface area contributed by atoms with Crippen molar-refractivity contribution in [3.8, 4) is 0 Å². The van der Waals surface area contributed by atoms with Gasteiger partial charge < -0.3 is 11.1 Å². The van der Waals surface area contributed by atoms with Crippen LogP contribution in [0.5, 0.6) is 0 Å². The fourth-order valence-electron chi connectivity index (χ4n) is 1.61. The number of anilines is 2. The van der Waals surface area contributed by atoms with Crippen molar-refractivity contribution in [3.05, 3.63) is 57.6 Å². The number of aryl methyl sites for hydroxylation is 1. The molecule has 0 fully saturated rings. The molecule has 0 spiro atoms. The molecule has 2 aromatic rings. The Bertz CT molecular complexity index is 689. The molecule has 2 rings (SSSR count). The van der Waals surface area contributed by atoms with Gasteiger partial charge in [-0.3, -0.25) is 4.79 Å². The number of amides is 1. The molecule has 104 valence electrons. The summed E-state index contributed by atoms with van der Waals surface area (Å²) in [6.07, 6.45) is 0. The zero-order chi connectivity index (χ0) is 14.9. The van der Waals surface area contributed by atoms with E-state index >= 15 is 0 Å². The van der Waals surface area contributed by atoms with E-state index in [0.717, 1.165) is 6.07 Å². The van der Waals surface area contributed by atoms with Gasteiger partial charge in [0.15, 0.2) is 0 Å². The summed E-state index contributed by atoms with van der Waals surface area (Å²) >= 11 is 3.09. The molecule has 0 atom stereocenters. The van der Waals surface area contributed by atoms with Crippen molar-refractivity contribution in [2.75, 3.05) is 11.1 Å². The maximum atomic E-state index is 13.4. The zero-order valence-corrected chi connectivity index (χ0v) is 12.1. The lowest BCUT2D eigenvalue weighted by atomic mass is 10.1. The van der Waals surface area contributed by atoms with Gasteiger partial charge in [0.1, 0.15) is 11.6 Å². The van der Waals surface area contributed by atoms with Gasteiger partial charge in [-0.2, -0.15) is 0 Å². The van der Waals surface area contributed by atoms with Gasteiger partial charge in [-0.05, 0) is 52.7 Å². The van der Waals surface area contributed by atoms with Crippen LogP contribution in [0.2, 0.25) is 0 Å². The second-order valence-electron chi connectivity index (χ2n) is 4.27. The average Bonchev–Trinajstić information content (AvgIpc) is 2.38. The zero-order valence-electron chi connectivity index (χ0n) is 10.5. The van der Waals surface area contributed by atoms with Crippen molar-refractivity contribution < 1.29 is 13.6 Å². The Hall–Kier alpha value is -1.95. The third kappa shape index (κ3) is 2.96. The molecule has 0 aliphatic rings. The molecule has 3 nitrogen and oxygen atoms in total. The summed E-state index contributed by atoms with van der Waals surface area (Å²) in [5, 5.41) is 2.53. The number of hydrogen-bond acceptors (Lipinski definition) is 2. The average molecular weight is 341 g/mol. The molecular formula is C14H11BrF2N2O. The number of nitrogens with one attached hydrogen (secondary N) is 1. The predicted molar refractivity (Wildman–Crippen MR) is 77.6 cm³/mol. The fourth-order valence-corrected chi connectivity index (χ4v) is 2.10. The number of benzene rings is 2. The first-order valence-corrected chi connectivity index (χ1v) is 6.50. The Balaban J connectivity index is 2.28. The maximum Gasteiger partial charge on any atom is 0.256 e. The molecule has 6 heteroatoms. The van der Waals surface area contributed by atoms with Crippen LogP contribution in [-0.2, 0) is 0 Å². The minimum Gasteiger partial charge on any atom is -0.396 e. The molecule has 0 unspecified atom stereocenters. The van der Waals surface area contributed by atoms with Crippen molar-refractivity contribution in [1.29, 1.82) is 0 Å². The predicted octanol–water partition coefficient (Wildman–Crippen LogP) is 3.87. The molecule has 1 amide bonds. The Labute approximate surface area is 122 Å². The summed E-state index contributed by atoms with van der Waals surface area (Å²) in [5.41, 5.74) is 6.26. The van der Waals surface area contributed by atoms with Gasteiger partial charge in [0, 0.05) is 10.2 Å². The van der Waals surface area contributed by atoms with E-state index in [1.54, 1.807) is 19.1 Å². The lowest BCUT2D eigenvalue weighted by Gasteiger charge is -2.09. The van der Waals surface area contributed by atoms with Crippen LogP contribution < -0.4 is 11.1 Å². The van der Waals surface area contributed by atoms with Crippen molar-refractivity contribution in [2.24, 2.45) is 0 Å². The summed E-state index contributed by atoms with van der Waals surface area (Å²) in [7, 11) is 0. The summed E-state index contributed by atoms with van der Waals surface area (Å²) in [5.74, 6) is -1.54. The summed E-state index contributed by atoms with van der Waals surface area (Å²) < 4.78 is 26.9. The highest BCUT2D eigenvalue weighted by atomic mass is 79.9. The molecule has 0 aromatic heterocycles. The lowest BCUT2D eigenvalue weighted by Crippen LogP contribution is -2.13. The van der Waals surface area contributed by atoms with Crippen LogP contribution in [-0.4, -0.2) is 5.91 Å². The van der Waals surface area contributed by atoms with Gasteiger partial charge in [0.25, 0.3) is 5.91 Å². The normalized spacial score (nSPS) is 10.4. The van der Waals surface area contributed by atoms with Crippen LogP contribution in [0.4, 0.5) is 20.2 Å². The Morgan fingerprint density at radius 1 is 1.20 bits per heavy atom. The smallest absolute Gasteiger partial charge is 0.256 e. The lowest BCUT2D eigenvalue weighted by molar-refractivity contribution is 0.102. The van der Waals surface area contributed by atoms with Crippen molar-refractivity contribution in [3.63, 3.8) is 0 Å². The molecule has 0 aliphatic carbocycles. The van der Waals surface area contributed by atoms with Crippen LogP contribution in [0, 0.1) is 18.6 Å². The minimum absolute atomic E-state index is 0.131. The number of carbonyl (C=O) groups excluding carboxylic acids is 1. The monoisotopic (exact) mass is 340 g/mol. The molecule has 0 bridgehead atoms. The molecule has 0 aliphatic heterocycles. The third-order valence-electron chi connectivity index (χ3n) is 2.76. The summed E-state index contributed by atoms with van der Waals surface area (Å²) in [6.45, 7) is 1.62. The standard InChI is InChI=1S/C14H11BrF2N2O/c1-7-2-3-8(4-11(7)16)19-14(20)9-5-13(18)12(17)6-10(9)15/h2-6H,18H2,1H3,(H,19,20). The van der Waals surface area contributed by atoms with Crippen molar-refractivity contribution >= 4 is 33.2 Å². The van der Waals surface area contributed by atoms with Gasteiger partial charge in [0.05, 0.1) is 11.3 Å². The molecule has 0 saturated carbocycles. The SMILES string of the molecule is Cc1ccc(NC(=O)c2cc(N)c(F)cc2Br)cc1F. The largest absolute Gasteiger partial charge is 0.396 e. The highest BCUT2D eigenvalue weighted by Crippen LogP contribution is 2.24. The summed E-state index contributed by atoms with van der Waals surface area (Å²) in [6, 6.07) is 6.68. The van der Waals surface area contributed by atoms with Crippen molar-refractivity contribution in [1.82, 2.24) is 0 Å². The van der Waals surface area contributed by atoms with E-state index in [0.29, 0.717) is 11.3 Å². The molecule has 3 N–H and O–H groups in total. The van der Waals surface area contributed by atoms with Crippen molar-refractivity contribution in [2.45, 2.75) is 6.92 Å². The third-order valence-corrected chi connectivity index (χ3v) is 3.42. The van der Waals surface area contributed by atoms with E-state index < -0.39 is 17.5 Å². The van der Waals surface area contributed by atoms with Crippen LogP contribution in [0.25, 0.3) is 0 Å². The Morgan fingerprint density at radius 2 is 1.90 bits per heavy atom. The van der Waals surface area contributed by atoms with E-state index in [4.69, 9.17) is 5.73 Å². The van der Waals surface area contributed by atoms with E-state index in [1.165, 1.54) is 12.1 Å². The van der Waals surface area contributed by atoms with Crippen LogP contribution in [0.15, 0.2) is 34.8 Å². The molecule has 0 heterocycles. The van der Waals surface area contributed by atoms with Crippen LogP contribution in [0.3, 0.4) is 0 Å². The molecule has 2 aromatic carbocycles. The first-order chi connectivity index (χ1) is 9.38. The number of hydrogen-bond donors (Lipinski definition) is 2. The van der Waals surface area contributed by atoms with Gasteiger partial charge in [-0.25, -0.2) is 8.78 Å². The summed E-state index contributed by atoms with van der Waals surface area (Å²) in [4.78, 5) is 12.1. The quantitative estimate of drug-likeness (QED) is 0.815. The van der Waals surface area contributed by atoms with E-state index in [1.807, 2.05) is 0 Å². The van der Waals surface area contributed by atoms with Crippen LogP contribution >= 0.6 is 15.9 Å². The fraction of sp³-hybridized carbons (Fsp3) is 0.0714. The number of nitrogens with two attached hydrogens (primary N) is 1. The topological polar surface area (TPSA) is 55.1 Å². The number of carbonyl (C=O) groups is 1. The van der Waals surface area contributed by atoms with Gasteiger partial charge in [-0.1, -0.05) is 6.07 Å². The van der Waals surface area contributed by atoms with E-state index in [-0.39, 0.29) is 15.7 Å². The maximum absolute atomic E-state index is 13.4. The number of halogens is 3.